The van der Waals surface area contributed by atoms with Crippen LogP contribution in [-0.2, 0) is 10.0 Å². The zero-order chi connectivity index (χ0) is 17.3. The first-order valence-corrected chi connectivity index (χ1v) is 12.2. The summed E-state index contributed by atoms with van der Waals surface area (Å²) in [6, 6.07) is 15.0. The van der Waals surface area contributed by atoms with Crippen LogP contribution in [0.5, 0.6) is 0 Å². The molecule has 124 valence electrons. The zero-order valence-electron chi connectivity index (χ0n) is 15.0. The van der Waals surface area contributed by atoms with Crippen LogP contribution in [-0.4, -0.2) is 8.32 Å². The minimum Gasteiger partial charge on any atom is -0.404 e. The molecule has 0 N–H and O–H groups in total. The molecule has 2 aromatic rings. The van der Waals surface area contributed by atoms with Crippen molar-refractivity contribution >= 4 is 41.7 Å². The molecule has 23 heavy (non-hydrogen) atoms. The highest BCUT2D eigenvalue weighted by molar-refractivity contribution is 14.1. The highest BCUT2D eigenvalue weighted by Gasteiger charge is 2.43. The van der Waals surface area contributed by atoms with E-state index in [-0.39, 0.29) is 5.04 Å². The summed E-state index contributed by atoms with van der Waals surface area (Å²) >= 11 is 2.29. The topological polar surface area (TPSA) is 9.23 Å². The molecular formula is C20H27IOSi. The predicted octanol–water partition coefficient (Wildman–Crippen LogP) is 7.03. The summed E-state index contributed by atoms with van der Waals surface area (Å²) in [5.74, 6) is 0. The van der Waals surface area contributed by atoms with Crippen molar-refractivity contribution in [2.45, 2.75) is 51.4 Å². The van der Waals surface area contributed by atoms with Gasteiger partial charge in [0.1, 0.15) is 0 Å². The van der Waals surface area contributed by atoms with E-state index in [9.17, 15) is 0 Å². The molecule has 2 rings (SSSR count). The second kappa shape index (κ2) is 6.69. The smallest absolute Gasteiger partial charge is 0.193 e. The van der Waals surface area contributed by atoms with Crippen LogP contribution in [0, 0.1) is 0 Å². The van der Waals surface area contributed by atoms with Crippen LogP contribution in [0.25, 0.3) is 10.8 Å². The van der Waals surface area contributed by atoms with Gasteiger partial charge in [0.15, 0.2) is 8.32 Å². The summed E-state index contributed by atoms with van der Waals surface area (Å²) in [5.41, 5.74) is 0.832. The Balaban J connectivity index is 2.61. The maximum Gasteiger partial charge on any atom is 0.193 e. The molecule has 0 bridgehead atoms. The van der Waals surface area contributed by atoms with E-state index in [1.54, 1.807) is 0 Å². The number of rotatable bonds is 4. The highest BCUT2D eigenvalue weighted by Crippen LogP contribution is 2.43. The molecule has 0 aromatic heterocycles. The fourth-order valence-corrected chi connectivity index (χ4v) is 4.87. The lowest BCUT2D eigenvalue weighted by Gasteiger charge is -2.43. The van der Waals surface area contributed by atoms with Crippen LogP contribution in [0.1, 0.15) is 33.3 Å². The maximum absolute atomic E-state index is 6.87. The van der Waals surface area contributed by atoms with E-state index < -0.39 is 13.9 Å². The Kier molecular flexibility index (Phi) is 5.43. The summed E-state index contributed by atoms with van der Waals surface area (Å²) in [5, 5.41) is 2.71. The molecule has 0 heterocycles. The molecule has 0 saturated heterocycles. The normalized spacial score (nSPS) is 16.0. The molecule has 0 fully saturated rings. The van der Waals surface area contributed by atoms with Crippen molar-refractivity contribution in [3.05, 3.63) is 58.2 Å². The molecule has 0 aliphatic rings. The average molecular weight is 438 g/mol. The van der Waals surface area contributed by atoms with Gasteiger partial charge in [-0.3, -0.25) is 0 Å². The average Bonchev–Trinajstić information content (AvgIpc) is 2.45. The van der Waals surface area contributed by atoms with E-state index in [4.69, 9.17) is 4.43 Å². The van der Waals surface area contributed by atoms with Crippen LogP contribution in [0.2, 0.25) is 18.1 Å². The molecule has 0 saturated carbocycles. The number of halogens is 1. The van der Waals surface area contributed by atoms with Crippen LogP contribution < -0.4 is 0 Å². The Hall–Kier alpha value is -0.653. The van der Waals surface area contributed by atoms with Gasteiger partial charge in [-0.25, -0.2) is 0 Å². The maximum atomic E-state index is 6.87. The standard InChI is InChI=1S/C20H27IOSi/c1-19(2,3)23(5,6)22-20(4,14-15-21)18-13-9-11-16-10-7-8-12-17(16)18/h7-15H,1-6H3/t20-/m0/s1. The Labute approximate surface area is 155 Å². The molecule has 3 heteroatoms. The Morgan fingerprint density at radius 3 is 2.17 bits per heavy atom. The summed E-state index contributed by atoms with van der Waals surface area (Å²) in [7, 11) is -1.90. The fraction of sp³-hybridized carbons (Fsp3) is 0.400. The number of fused-ring (bicyclic) bond motifs is 1. The third-order valence-electron chi connectivity index (χ3n) is 4.98. The zero-order valence-corrected chi connectivity index (χ0v) is 18.1. The molecule has 0 aliphatic carbocycles. The summed E-state index contributed by atoms with van der Waals surface area (Å²) in [6.45, 7) is 13.7. The SMILES string of the molecule is CC(C)(C)[Si](C)(C)O[C@@](C)(C=CI)c1cccc2ccccc12. The summed E-state index contributed by atoms with van der Waals surface area (Å²) < 4.78 is 8.95. The van der Waals surface area contributed by atoms with E-state index in [2.05, 4.69) is 116 Å². The molecule has 1 atom stereocenters. The largest absolute Gasteiger partial charge is 0.404 e. The molecule has 1 nitrogen and oxygen atoms in total. The van der Waals surface area contributed by atoms with Crippen molar-refractivity contribution in [3.8, 4) is 0 Å². The van der Waals surface area contributed by atoms with Gasteiger partial charge < -0.3 is 4.43 Å². The molecule has 0 radical (unpaired) electrons. The van der Waals surface area contributed by atoms with E-state index in [1.807, 2.05) is 0 Å². The van der Waals surface area contributed by atoms with E-state index in [0.29, 0.717) is 0 Å². The van der Waals surface area contributed by atoms with E-state index in [0.717, 1.165) is 0 Å². The number of hydrogen-bond donors (Lipinski definition) is 0. The third kappa shape index (κ3) is 3.89. The van der Waals surface area contributed by atoms with Gasteiger partial charge in [0.05, 0.1) is 5.60 Å². The van der Waals surface area contributed by atoms with E-state index >= 15 is 0 Å². The van der Waals surface area contributed by atoms with Crippen LogP contribution in [0.3, 0.4) is 0 Å². The van der Waals surface area contributed by atoms with Crippen LogP contribution in [0.4, 0.5) is 0 Å². The second-order valence-electron chi connectivity index (χ2n) is 7.79. The van der Waals surface area contributed by atoms with Crippen molar-refractivity contribution in [2.24, 2.45) is 0 Å². The fourth-order valence-electron chi connectivity index (χ4n) is 2.64. The molecule has 0 amide bonds. The Bertz CT molecular complexity index is 710. The summed E-state index contributed by atoms with van der Waals surface area (Å²) in [4.78, 5) is 0. The lowest BCUT2D eigenvalue weighted by molar-refractivity contribution is 0.123. The Morgan fingerprint density at radius 1 is 0.957 bits per heavy atom. The molecule has 0 unspecified atom stereocenters. The van der Waals surface area contributed by atoms with Gasteiger partial charge in [-0.1, -0.05) is 85.8 Å². The van der Waals surface area contributed by atoms with Crippen molar-refractivity contribution in [1.29, 1.82) is 0 Å². The first kappa shape index (κ1) is 18.7. The lowest BCUT2D eigenvalue weighted by Crippen LogP contribution is -2.46. The molecule has 0 spiro atoms. The predicted molar refractivity (Wildman–Crippen MR) is 113 cm³/mol. The number of benzene rings is 2. The first-order valence-electron chi connectivity index (χ1n) is 8.07. The molecule has 0 aliphatic heterocycles. The van der Waals surface area contributed by atoms with Crippen LogP contribution >= 0.6 is 22.6 Å². The van der Waals surface area contributed by atoms with Crippen LogP contribution in [0.15, 0.2) is 52.6 Å². The Morgan fingerprint density at radius 2 is 1.57 bits per heavy atom. The minimum atomic E-state index is -1.90. The van der Waals surface area contributed by atoms with Gasteiger partial charge in [-0.15, -0.1) is 0 Å². The third-order valence-corrected chi connectivity index (χ3v) is 9.89. The van der Waals surface area contributed by atoms with Gasteiger partial charge in [0, 0.05) is 0 Å². The van der Waals surface area contributed by atoms with Gasteiger partial charge in [-0.05, 0) is 51.6 Å². The van der Waals surface area contributed by atoms with Gasteiger partial charge in [0.25, 0.3) is 0 Å². The second-order valence-corrected chi connectivity index (χ2v) is 13.2. The van der Waals surface area contributed by atoms with Crippen molar-refractivity contribution in [1.82, 2.24) is 0 Å². The number of hydrogen-bond acceptors (Lipinski definition) is 1. The quantitative estimate of drug-likeness (QED) is 0.368. The monoisotopic (exact) mass is 438 g/mol. The van der Waals surface area contributed by atoms with Gasteiger partial charge in [0.2, 0.25) is 0 Å². The van der Waals surface area contributed by atoms with Crippen molar-refractivity contribution < 1.29 is 4.43 Å². The molecule has 2 aromatic carbocycles. The lowest BCUT2D eigenvalue weighted by atomic mass is 9.91. The highest BCUT2D eigenvalue weighted by atomic mass is 127. The van der Waals surface area contributed by atoms with Crippen molar-refractivity contribution in [3.63, 3.8) is 0 Å². The summed E-state index contributed by atoms with van der Waals surface area (Å²) in [6.07, 6.45) is 2.19. The minimum absolute atomic E-state index is 0.179. The van der Waals surface area contributed by atoms with Crippen molar-refractivity contribution in [2.75, 3.05) is 0 Å². The molecular weight excluding hydrogens is 411 g/mol. The first-order chi connectivity index (χ1) is 10.6. The van der Waals surface area contributed by atoms with E-state index in [1.165, 1.54) is 16.3 Å². The van der Waals surface area contributed by atoms with Gasteiger partial charge in [-0.2, -0.15) is 0 Å². The van der Waals surface area contributed by atoms with Gasteiger partial charge >= 0.3 is 0 Å².